The molecular weight excluding hydrogens is 681 g/mol. The lowest BCUT2D eigenvalue weighted by Crippen LogP contribution is -2.69. The molecule has 1 heterocycles. The number of nitrogens with zero attached hydrogens (tertiary/aromatic N) is 1. The fourth-order valence-corrected chi connectivity index (χ4v) is 17.2. The number of ether oxygens (including phenoxy) is 1. The first-order valence-electron chi connectivity index (χ1n) is 22.2. The zero-order chi connectivity index (χ0) is 38.2. The molecule has 8 aliphatic rings. The van der Waals surface area contributed by atoms with Gasteiger partial charge < -0.3 is 15.2 Å². The molecule has 0 radical (unpaired) electrons. The van der Waals surface area contributed by atoms with Crippen LogP contribution in [0.25, 0.3) is 0 Å². The van der Waals surface area contributed by atoms with Crippen LogP contribution in [0.4, 0.5) is 0 Å². The van der Waals surface area contributed by atoms with Gasteiger partial charge in [0.1, 0.15) is 6.10 Å². The Morgan fingerprint density at radius 3 is 2.08 bits per heavy atom. The first kappa shape index (κ1) is 39.1. The molecule has 0 aromatic heterocycles. The standard InChI is InChI=1S/C45H76N2O5S/c1-29(48)33(47-24-26-53(50,51)27-25-47)28-46-45-19-13-30(41(6)20-21-41)37(45)31-10-11-35-42(7)17-15-36(52-38(49)32-12-16-39(32,2)3)40(4,5)34(42)14-18-44(35,9)43(31,8)22-23-45/h29-37,46,48H,10-28H2,1-9H3/t29-,30-,31-,32-,33-,34+,35-,36+,37-,42+,43-,44-,45+/m1/s1. The van der Waals surface area contributed by atoms with Gasteiger partial charge in [-0.2, -0.15) is 0 Å². The zero-order valence-corrected chi connectivity index (χ0v) is 35.9. The number of nitrogens with one attached hydrogen (secondary N) is 1. The molecule has 8 rings (SSSR count). The monoisotopic (exact) mass is 757 g/mol. The Bertz CT molecular complexity index is 1540. The van der Waals surface area contributed by atoms with Crippen molar-refractivity contribution in [2.24, 2.45) is 68.0 Å². The molecule has 53 heavy (non-hydrogen) atoms. The summed E-state index contributed by atoms with van der Waals surface area (Å²) in [6.07, 6.45) is 16.7. The van der Waals surface area contributed by atoms with Crippen molar-refractivity contribution in [2.75, 3.05) is 31.1 Å². The molecular formula is C45H76N2O5S. The maximum atomic E-state index is 13.5. The molecule has 7 saturated carbocycles. The van der Waals surface area contributed by atoms with Gasteiger partial charge in [0.25, 0.3) is 0 Å². The van der Waals surface area contributed by atoms with Crippen LogP contribution in [0, 0.1) is 68.0 Å². The molecule has 0 bridgehead atoms. The van der Waals surface area contributed by atoms with E-state index in [-0.39, 0.29) is 68.2 Å². The largest absolute Gasteiger partial charge is 0.462 e. The van der Waals surface area contributed by atoms with E-state index in [0.29, 0.717) is 42.2 Å². The SMILES string of the molecule is C[C@@H](O)[C@@H](CN[C@]12CC[C@@H](C3(C)CC3)[C@@H]1[C@H]1CC[C@@H]3[C@@]4(C)CC[C@H](OC(=O)[C@H]5CCC5(C)C)C(C)(C)[C@@H]4CC[C@@]3(C)[C@]1(C)CC2)N1CCS(=O)(=O)CC1. The number of hydrogen-bond donors (Lipinski definition) is 2. The lowest BCUT2D eigenvalue weighted by molar-refractivity contribution is -0.249. The Kier molecular flexibility index (Phi) is 9.34. The van der Waals surface area contributed by atoms with Gasteiger partial charge in [0.2, 0.25) is 0 Å². The minimum absolute atomic E-state index is 0.0143. The van der Waals surface area contributed by atoms with Gasteiger partial charge in [0, 0.05) is 36.6 Å². The van der Waals surface area contributed by atoms with Gasteiger partial charge >= 0.3 is 5.97 Å². The third-order valence-corrected chi connectivity index (χ3v) is 21.5. The highest BCUT2D eigenvalue weighted by Gasteiger charge is 2.72. The van der Waals surface area contributed by atoms with Gasteiger partial charge in [-0.1, -0.05) is 55.4 Å². The Morgan fingerprint density at radius 2 is 1.47 bits per heavy atom. The molecule has 8 heteroatoms. The van der Waals surface area contributed by atoms with Crippen molar-refractivity contribution in [3.8, 4) is 0 Å². The molecule has 2 N–H and O–H groups in total. The second kappa shape index (κ2) is 12.6. The van der Waals surface area contributed by atoms with Gasteiger partial charge in [-0.25, -0.2) is 8.42 Å². The fraction of sp³-hybridized carbons (Fsp3) is 0.978. The maximum Gasteiger partial charge on any atom is 0.309 e. The van der Waals surface area contributed by atoms with Crippen LogP contribution in [0.15, 0.2) is 0 Å². The topological polar surface area (TPSA) is 95.9 Å². The van der Waals surface area contributed by atoms with Crippen molar-refractivity contribution < 1.29 is 23.1 Å². The predicted molar refractivity (Wildman–Crippen MR) is 212 cm³/mol. The number of aliphatic hydroxyl groups excluding tert-OH is 1. The van der Waals surface area contributed by atoms with Crippen molar-refractivity contribution in [1.29, 1.82) is 0 Å². The van der Waals surface area contributed by atoms with Crippen LogP contribution in [0.2, 0.25) is 0 Å². The smallest absolute Gasteiger partial charge is 0.309 e. The van der Waals surface area contributed by atoms with E-state index in [2.05, 4.69) is 65.6 Å². The first-order valence-corrected chi connectivity index (χ1v) is 24.0. The maximum absolute atomic E-state index is 13.5. The molecule has 1 aliphatic heterocycles. The summed E-state index contributed by atoms with van der Waals surface area (Å²) in [5.74, 6) is 3.86. The minimum atomic E-state index is -2.97. The summed E-state index contributed by atoms with van der Waals surface area (Å²) in [7, 11) is -2.97. The molecule has 0 spiro atoms. The number of carbonyl (C=O) groups excluding carboxylic acids is 1. The normalized spacial score (nSPS) is 48.8. The first-order chi connectivity index (χ1) is 24.6. The van der Waals surface area contributed by atoms with E-state index in [9.17, 15) is 18.3 Å². The van der Waals surface area contributed by atoms with E-state index in [0.717, 1.165) is 31.7 Å². The number of aliphatic hydroxyl groups is 1. The van der Waals surface area contributed by atoms with Gasteiger partial charge in [-0.3, -0.25) is 9.69 Å². The number of esters is 1. The number of carbonyl (C=O) groups is 1. The number of rotatable bonds is 8. The van der Waals surface area contributed by atoms with Crippen LogP contribution in [0.1, 0.15) is 152 Å². The highest BCUT2D eigenvalue weighted by atomic mass is 32.2. The zero-order valence-electron chi connectivity index (χ0n) is 35.1. The Labute approximate surface area is 323 Å². The molecule has 7 nitrogen and oxygen atoms in total. The van der Waals surface area contributed by atoms with Crippen LogP contribution in [0.3, 0.4) is 0 Å². The third-order valence-electron chi connectivity index (χ3n) is 19.9. The van der Waals surface area contributed by atoms with Crippen LogP contribution in [-0.2, 0) is 19.4 Å². The summed E-state index contributed by atoms with van der Waals surface area (Å²) in [5, 5.41) is 15.3. The van der Waals surface area contributed by atoms with Crippen molar-refractivity contribution in [3.05, 3.63) is 0 Å². The van der Waals surface area contributed by atoms with E-state index in [1.165, 1.54) is 70.6 Å². The highest BCUT2D eigenvalue weighted by molar-refractivity contribution is 7.91. The molecule has 1 saturated heterocycles. The predicted octanol–water partition coefficient (Wildman–Crippen LogP) is 8.04. The Hall–Kier alpha value is -0.700. The lowest BCUT2D eigenvalue weighted by atomic mass is 9.32. The van der Waals surface area contributed by atoms with Crippen LogP contribution in [-0.4, -0.2) is 79.3 Å². The van der Waals surface area contributed by atoms with E-state index >= 15 is 0 Å². The molecule has 7 aliphatic carbocycles. The lowest BCUT2D eigenvalue weighted by Gasteiger charge is -2.73. The number of hydrogen-bond acceptors (Lipinski definition) is 7. The fourth-order valence-electron chi connectivity index (χ4n) is 15.9. The molecule has 13 atom stereocenters. The van der Waals surface area contributed by atoms with E-state index < -0.39 is 15.9 Å². The molecule has 0 amide bonds. The second-order valence-electron chi connectivity index (χ2n) is 22.9. The van der Waals surface area contributed by atoms with Crippen molar-refractivity contribution in [2.45, 2.75) is 176 Å². The van der Waals surface area contributed by atoms with Crippen LogP contribution < -0.4 is 5.32 Å². The number of sulfone groups is 1. The highest BCUT2D eigenvalue weighted by Crippen LogP contribution is 2.78. The van der Waals surface area contributed by atoms with Crippen molar-refractivity contribution in [1.82, 2.24) is 10.2 Å². The molecule has 0 unspecified atom stereocenters. The average molecular weight is 757 g/mol. The van der Waals surface area contributed by atoms with E-state index in [1.807, 2.05) is 6.92 Å². The average Bonchev–Trinajstić information content (AvgIpc) is 3.69. The van der Waals surface area contributed by atoms with Crippen molar-refractivity contribution in [3.63, 3.8) is 0 Å². The molecule has 8 fully saturated rings. The Balaban J connectivity index is 1.04. The summed E-state index contributed by atoms with van der Waals surface area (Å²) in [4.78, 5) is 15.7. The van der Waals surface area contributed by atoms with E-state index in [1.54, 1.807) is 0 Å². The van der Waals surface area contributed by atoms with E-state index in [4.69, 9.17) is 4.74 Å². The van der Waals surface area contributed by atoms with Gasteiger partial charge in [-0.05, 0) is 153 Å². The molecule has 0 aromatic rings. The van der Waals surface area contributed by atoms with Crippen LogP contribution in [0.5, 0.6) is 0 Å². The van der Waals surface area contributed by atoms with Gasteiger partial charge in [0.05, 0.1) is 23.5 Å². The second-order valence-corrected chi connectivity index (χ2v) is 25.2. The summed E-state index contributed by atoms with van der Waals surface area (Å²) < 4.78 is 31.1. The summed E-state index contributed by atoms with van der Waals surface area (Å²) in [5.41, 5.74) is 1.41. The summed E-state index contributed by atoms with van der Waals surface area (Å²) in [6, 6.07) is -0.0640. The molecule has 0 aromatic carbocycles. The van der Waals surface area contributed by atoms with Crippen molar-refractivity contribution >= 4 is 15.8 Å². The minimum Gasteiger partial charge on any atom is -0.462 e. The molecule has 302 valence electrons. The summed E-state index contributed by atoms with van der Waals surface area (Å²) >= 11 is 0. The summed E-state index contributed by atoms with van der Waals surface area (Å²) in [6.45, 7) is 23.8. The quantitative estimate of drug-likeness (QED) is 0.242. The van der Waals surface area contributed by atoms with Crippen LogP contribution >= 0.6 is 0 Å². The van der Waals surface area contributed by atoms with Gasteiger partial charge in [0.15, 0.2) is 9.84 Å². The third kappa shape index (κ3) is 5.91. The van der Waals surface area contributed by atoms with Gasteiger partial charge in [-0.15, -0.1) is 0 Å². The Morgan fingerprint density at radius 1 is 0.774 bits per heavy atom. The number of fused-ring (bicyclic) bond motifs is 7.